The number of rotatable bonds is 4. The van der Waals surface area contributed by atoms with Gasteiger partial charge in [0.25, 0.3) is 5.91 Å². The monoisotopic (exact) mass is 303 g/mol. The van der Waals surface area contributed by atoms with Crippen LogP contribution < -0.4 is 5.73 Å². The van der Waals surface area contributed by atoms with Gasteiger partial charge in [0, 0.05) is 38.2 Å². The predicted octanol–water partition coefficient (Wildman–Crippen LogP) is 1.77. The first kappa shape index (κ1) is 15.4. The van der Waals surface area contributed by atoms with Crippen LogP contribution in [0.15, 0.2) is 18.3 Å². The van der Waals surface area contributed by atoms with E-state index in [1.54, 1.807) is 13.3 Å². The van der Waals surface area contributed by atoms with Gasteiger partial charge in [-0.1, -0.05) is 13.3 Å². The van der Waals surface area contributed by atoms with Gasteiger partial charge in [0.05, 0.1) is 0 Å². The van der Waals surface area contributed by atoms with E-state index in [4.69, 9.17) is 10.5 Å². The molecule has 1 saturated carbocycles. The standard InChI is InChI=1S/C17H25N3O2/c1-3-20-10-13-5-4-6-14(11-20)17(13,22-2)12-7-8-19-15(9-12)16(18)21/h7-9,13-14H,3-6,10-11H2,1-2H3,(H2,18,21)/t13-,14+,17-. The fraction of sp³-hybridized carbons (Fsp3) is 0.647. The molecule has 1 aromatic rings. The minimum Gasteiger partial charge on any atom is -0.373 e. The van der Waals surface area contributed by atoms with E-state index in [9.17, 15) is 4.79 Å². The third kappa shape index (κ3) is 2.32. The largest absolute Gasteiger partial charge is 0.373 e. The van der Waals surface area contributed by atoms with E-state index >= 15 is 0 Å². The predicted molar refractivity (Wildman–Crippen MR) is 84.4 cm³/mol. The van der Waals surface area contributed by atoms with Gasteiger partial charge in [0.1, 0.15) is 11.3 Å². The molecule has 0 spiro atoms. The lowest BCUT2D eigenvalue weighted by Crippen LogP contribution is -2.59. The van der Waals surface area contributed by atoms with Crippen molar-refractivity contribution in [3.63, 3.8) is 0 Å². The first-order valence-electron chi connectivity index (χ1n) is 8.15. The summed E-state index contributed by atoms with van der Waals surface area (Å²) in [6.45, 7) is 5.40. The van der Waals surface area contributed by atoms with Crippen molar-refractivity contribution in [1.82, 2.24) is 9.88 Å². The lowest BCUT2D eigenvalue weighted by molar-refractivity contribution is -0.168. The first-order chi connectivity index (χ1) is 10.6. The van der Waals surface area contributed by atoms with E-state index in [0.29, 0.717) is 17.5 Å². The van der Waals surface area contributed by atoms with Crippen molar-refractivity contribution in [3.05, 3.63) is 29.6 Å². The van der Waals surface area contributed by atoms with Gasteiger partial charge in [-0.3, -0.25) is 9.78 Å². The third-order valence-electron chi connectivity index (χ3n) is 5.52. The van der Waals surface area contributed by atoms with E-state index in [0.717, 1.165) is 38.0 Å². The molecule has 2 aliphatic rings. The average Bonchev–Trinajstić information content (AvgIpc) is 2.53. The molecule has 2 fully saturated rings. The van der Waals surface area contributed by atoms with Gasteiger partial charge in [0.2, 0.25) is 0 Å². The van der Waals surface area contributed by atoms with Gasteiger partial charge in [-0.05, 0) is 37.1 Å². The van der Waals surface area contributed by atoms with Crippen LogP contribution in [0.3, 0.4) is 0 Å². The van der Waals surface area contributed by atoms with Crippen molar-refractivity contribution >= 4 is 5.91 Å². The van der Waals surface area contributed by atoms with Gasteiger partial charge in [-0.25, -0.2) is 0 Å². The Hall–Kier alpha value is -1.46. The Morgan fingerprint density at radius 2 is 2.14 bits per heavy atom. The summed E-state index contributed by atoms with van der Waals surface area (Å²) >= 11 is 0. The number of methoxy groups -OCH3 is 1. The number of nitrogens with zero attached hydrogens (tertiary/aromatic N) is 2. The van der Waals surface area contributed by atoms with Crippen molar-refractivity contribution in [2.45, 2.75) is 31.8 Å². The van der Waals surface area contributed by atoms with E-state index in [2.05, 4.69) is 16.8 Å². The van der Waals surface area contributed by atoms with Crippen LogP contribution in [0.25, 0.3) is 0 Å². The van der Waals surface area contributed by atoms with Crippen LogP contribution >= 0.6 is 0 Å². The maximum absolute atomic E-state index is 11.5. The lowest BCUT2D eigenvalue weighted by atomic mass is 9.62. The molecule has 5 heteroatoms. The molecule has 0 radical (unpaired) electrons. The highest BCUT2D eigenvalue weighted by molar-refractivity contribution is 5.90. The third-order valence-corrected chi connectivity index (χ3v) is 5.52. The zero-order valence-electron chi connectivity index (χ0n) is 13.4. The molecule has 1 aromatic heterocycles. The maximum atomic E-state index is 11.5. The van der Waals surface area contributed by atoms with Crippen molar-refractivity contribution in [3.8, 4) is 0 Å². The smallest absolute Gasteiger partial charge is 0.267 e. The number of amides is 1. The SMILES string of the molecule is CCN1C[C@H]2CCC[C@@H](C1)[C@@]2(OC)c1ccnc(C(N)=O)c1. The number of fused-ring (bicyclic) bond motifs is 2. The topological polar surface area (TPSA) is 68.4 Å². The number of nitrogens with two attached hydrogens (primary N) is 1. The van der Waals surface area contributed by atoms with Gasteiger partial charge in [0.15, 0.2) is 0 Å². The molecule has 1 aliphatic carbocycles. The summed E-state index contributed by atoms with van der Waals surface area (Å²) in [6, 6.07) is 3.82. The van der Waals surface area contributed by atoms with Crippen molar-refractivity contribution in [2.75, 3.05) is 26.7 Å². The minimum absolute atomic E-state index is 0.308. The van der Waals surface area contributed by atoms with Crippen LogP contribution in [0.4, 0.5) is 0 Å². The fourth-order valence-corrected chi connectivity index (χ4v) is 4.51. The molecule has 1 aliphatic heterocycles. The second-order valence-electron chi connectivity index (χ2n) is 6.47. The number of piperidine rings is 1. The van der Waals surface area contributed by atoms with Crippen LogP contribution in [0.5, 0.6) is 0 Å². The Kier molecular flexibility index (Phi) is 4.19. The molecule has 2 heterocycles. The van der Waals surface area contributed by atoms with Crippen LogP contribution in [-0.2, 0) is 10.3 Å². The Morgan fingerprint density at radius 1 is 1.45 bits per heavy atom. The van der Waals surface area contributed by atoms with Crippen LogP contribution in [0.2, 0.25) is 0 Å². The normalized spacial score (nSPS) is 31.9. The molecule has 1 saturated heterocycles. The second-order valence-corrected chi connectivity index (χ2v) is 6.47. The number of hydrogen-bond acceptors (Lipinski definition) is 4. The van der Waals surface area contributed by atoms with Crippen molar-refractivity contribution in [2.24, 2.45) is 17.6 Å². The Morgan fingerprint density at radius 3 is 2.68 bits per heavy atom. The number of aromatic nitrogens is 1. The van der Waals surface area contributed by atoms with Crippen LogP contribution in [0, 0.1) is 11.8 Å². The molecule has 1 amide bonds. The van der Waals surface area contributed by atoms with E-state index in [1.807, 2.05) is 12.1 Å². The summed E-state index contributed by atoms with van der Waals surface area (Å²) in [7, 11) is 1.80. The molecule has 3 atom stereocenters. The van der Waals surface area contributed by atoms with E-state index in [1.165, 1.54) is 6.42 Å². The number of carbonyl (C=O) groups is 1. The zero-order valence-corrected chi connectivity index (χ0v) is 13.4. The summed E-state index contributed by atoms with van der Waals surface area (Å²) in [5, 5.41) is 0. The number of carbonyl (C=O) groups excluding carboxylic acids is 1. The number of likely N-dealkylation sites (tertiary alicyclic amines) is 1. The Labute approximate surface area is 131 Å². The highest BCUT2D eigenvalue weighted by Crippen LogP contribution is 2.51. The molecule has 3 rings (SSSR count). The average molecular weight is 303 g/mol. The zero-order chi connectivity index (χ0) is 15.7. The summed E-state index contributed by atoms with van der Waals surface area (Å²) in [5.74, 6) is 0.422. The van der Waals surface area contributed by atoms with E-state index < -0.39 is 5.91 Å². The molecule has 2 N–H and O–H groups in total. The molecule has 5 nitrogen and oxygen atoms in total. The van der Waals surface area contributed by atoms with E-state index in [-0.39, 0.29) is 5.60 Å². The van der Waals surface area contributed by atoms with Gasteiger partial charge in [-0.2, -0.15) is 0 Å². The number of pyridine rings is 1. The Balaban J connectivity index is 2.04. The quantitative estimate of drug-likeness (QED) is 0.920. The number of ether oxygens (including phenoxy) is 1. The maximum Gasteiger partial charge on any atom is 0.267 e. The van der Waals surface area contributed by atoms with Crippen LogP contribution in [0.1, 0.15) is 42.2 Å². The van der Waals surface area contributed by atoms with Gasteiger partial charge < -0.3 is 15.4 Å². The summed E-state index contributed by atoms with van der Waals surface area (Å²) in [6.07, 6.45) is 5.26. The summed E-state index contributed by atoms with van der Waals surface area (Å²) < 4.78 is 6.15. The van der Waals surface area contributed by atoms with Gasteiger partial charge in [-0.15, -0.1) is 0 Å². The minimum atomic E-state index is -0.482. The molecule has 0 unspecified atom stereocenters. The lowest BCUT2D eigenvalue weighted by Gasteiger charge is -2.55. The second kappa shape index (κ2) is 5.97. The molecule has 2 bridgehead atoms. The summed E-state index contributed by atoms with van der Waals surface area (Å²) in [5.41, 5.74) is 6.48. The summed E-state index contributed by atoms with van der Waals surface area (Å²) in [4.78, 5) is 18.1. The van der Waals surface area contributed by atoms with Crippen LogP contribution in [-0.4, -0.2) is 42.5 Å². The fourth-order valence-electron chi connectivity index (χ4n) is 4.51. The molecule has 0 aromatic carbocycles. The number of primary amides is 1. The van der Waals surface area contributed by atoms with Gasteiger partial charge >= 0.3 is 0 Å². The molecule has 22 heavy (non-hydrogen) atoms. The first-order valence-corrected chi connectivity index (χ1v) is 8.15. The highest BCUT2D eigenvalue weighted by atomic mass is 16.5. The molecule has 120 valence electrons. The Bertz CT molecular complexity index is 547. The molecular formula is C17H25N3O2. The molecular weight excluding hydrogens is 278 g/mol. The highest BCUT2D eigenvalue weighted by Gasteiger charge is 2.53. The van der Waals surface area contributed by atoms with Crippen molar-refractivity contribution in [1.29, 1.82) is 0 Å². The number of hydrogen-bond donors (Lipinski definition) is 1. The van der Waals surface area contributed by atoms with Crippen molar-refractivity contribution < 1.29 is 9.53 Å².